The number of hydrogen-bond acceptors (Lipinski definition) is 3. The lowest BCUT2D eigenvalue weighted by Crippen LogP contribution is -2.18. The first kappa shape index (κ1) is 10.3. The van der Waals surface area contributed by atoms with Crippen molar-refractivity contribution in [2.45, 2.75) is 26.3 Å². The van der Waals surface area contributed by atoms with E-state index in [0.29, 0.717) is 11.7 Å². The molecule has 3 rings (SSSR count). The average molecular weight is 229 g/mol. The third kappa shape index (κ3) is 1.90. The number of fused-ring (bicyclic) bond motifs is 1. The maximum atomic E-state index is 9.46. The molecule has 88 valence electrons. The molecule has 1 atom stereocenters. The molecule has 1 unspecified atom stereocenters. The van der Waals surface area contributed by atoms with Crippen LogP contribution in [-0.4, -0.2) is 19.9 Å². The molecule has 17 heavy (non-hydrogen) atoms. The Morgan fingerprint density at radius 2 is 2.29 bits per heavy atom. The highest BCUT2D eigenvalue weighted by Crippen LogP contribution is 2.24. The molecular formula is C13H15N3O. The molecule has 1 aromatic carbocycles. The predicted molar refractivity (Wildman–Crippen MR) is 64.6 cm³/mol. The van der Waals surface area contributed by atoms with Gasteiger partial charge in [0.1, 0.15) is 11.6 Å². The standard InChI is InChI=1S/C13H15N3O/c1-9-5-6-12-14-13(15-16(12)8-9)10-3-2-4-11(17)7-10/h2-4,7,9,17H,5-6,8H2,1H3. The van der Waals surface area contributed by atoms with Crippen molar-refractivity contribution in [1.82, 2.24) is 14.8 Å². The van der Waals surface area contributed by atoms with Gasteiger partial charge >= 0.3 is 0 Å². The molecule has 1 aromatic heterocycles. The van der Waals surface area contributed by atoms with Crippen molar-refractivity contribution in [2.24, 2.45) is 5.92 Å². The Kier molecular flexibility index (Phi) is 2.35. The zero-order chi connectivity index (χ0) is 11.8. The van der Waals surface area contributed by atoms with E-state index in [1.54, 1.807) is 12.1 Å². The van der Waals surface area contributed by atoms with Gasteiger partial charge in [0.15, 0.2) is 5.82 Å². The second kappa shape index (κ2) is 3.87. The summed E-state index contributed by atoms with van der Waals surface area (Å²) in [6.07, 6.45) is 2.17. The number of aromatic hydroxyl groups is 1. The van der Waals surface area contributed by atoms with Crippen molar-refractivity contribution < 1.29 is 5.11 Å². The largest absolute Gasteiger partial charge is 0.508 e. The molecule has 0 spiro atoms. The minimum Gasteiger partial charge on any atom is -0.508 e. The van der Waals surface area contributed by atoms with Crippen LogP contribution in [0.5, 0.6) is 5.75 Å². The molecule has 4 nitrogen and oxygen atoms in total. The van der Waals surface area contributed by atoms with Crippen LogP contribution in [0.3, 0.4) is 0 Å². The van der Waals surface area contributed by atoms with Crippen LogP contribution < -0.4 is 0 Å². The van der Waals surface area contributed by atoms with Gasteiger partial charge in [-0.05, 0) is 24.5 Å². The topological polar surface area (TPSA) is 50.9 Å². The molecule has 0 aliphatic carbocycles. The van der Waals surface area contributed by atoms with Crippen LogP contribution in [0.4, 0.5) is 0 Å². The third-order valence-electron chi connectivity index (χ3n) is 3.20. The number of benzene rings is 1. The summed E-state index contributed by atoms with van der Waals surface area (Å²) in [5.74, 6) is 2.69. The van der Waals surface area contributed by atoms with Crippen LogP contribution in [0, 0.1) is 5.92 Å². The highest BCUT2D eigenvalue weighted by Gasteiger charge is 2.19. The van der Waals surface area contributed by atoms with Crippen LogP contribution in [-0.2, 0) is 13.0 Å². The van der Waals surface area contributed by atoms with Crippen molar-refractivity contribution >= 4 is 0 Å². The molecule has 0 saturated heterocycles. The second-order valence-corrected chi connectivity index (χ2v) is 4.73. The first-order chi connectivity index (χ1) is 8.22. The van der Waals surface area contributed by atoms with E-state index in [9.17, 15) is 5.11 Å². The van der Waals surface area contributed by atoms with Crippen molar-refractivity contribution in [3.05, 3.63) is 30.1 Å². The quantitative estimate of drug-likeness (QED) is 0.815. The van der Waals surface area contributed by atoms with E-state index in [-0.39, 0.29) is 5.75 Å². The van der Waals surface area contributed by atoms with Crippen LogP contribution in [0.15, 0.2) is 24.3 Å². The van der Waals surface area contributed by atoms with Gasteiger partial charge in [0.05, 0.1) is 0 Å². The molecule has 0 bridgehead atoms. The molecular weight excluding hydrogens is 214 g/mol. The maximum Gasteiger partial charge on any atom is 0.181 e. The Balaban J connectivity index is 2.00. The molecule has 0 amide bonds. The van der Waals surface area contributed by atoms with Gasteiger partial charge < -0.3 is 5.11 Å². The normalized spacial score (nSPS) is 19.0. The van der Waals surface area contributed by atoms with E-state index in [1.165, 1.54) is 6.42 Å². The fourth-order valence-electron chi connectivity index (χ4n) is 2.23. The van der Waals surface area contributed by atoms with E-state index >= 15 is 0 Å². The highest BCUT2D eigenvalue weighted by atomic mass is 16.3. The molecule has 1 aliphatic heterocycles. The molecule has 0 radical (unpaired) electrons. The van der Waals surface area contributed by atoms with Crippen molar-refractivity contribution in [1.29, 1.82) is 0 Å². The summed E-state index contributed by atoms with van der Waals surface area (Å²) < 4.78 is 1.99. The minimum atomic E-state index is 0.253. The lowest BCUT2D eigenvalue weighted by atomic mass is 10.0. The van der Waals surface area contributed by atoms with Crippen LogP contribution in [0.2, 0.25) is 0 Å². The van der Waals surface area contributed by atoms with E-state index in [2.05, 4.69) is 17.0 Å². The van der Waals surface area contributed by atoms with Gasteiger partial charge in [-0.3, -0.25) is 0 Å². The Hall–Kier alpha value is -1.84. The fraction of sp³-hybridized carbons (Fsp3) is 0.385. The number of phenols is 1. The van der Waals surface area contributed by atoms with Crippen molar-refractivity contribution in [3.8, 4) is 17.1 Å². The summed E-state index contributed by atoms with van der Waals surface area (Å²) in [7, 11) is 0. The Bertz CT molecular complexity index is 547. The summed E-state index contributed by atoms with van der Waals surface area (Å²) in [6, 6.07) is 7.09. The molecule has 0 saturated carbocycles. The van der Waals surface area contributed by atoms with Gasteiger partial charge in [-0.2, -0.15) is 5.10 Å². The zero-order valence-electron chi connectivity index (χ0n) is 9.80. The third-order valence-corrected chi connectivity index (χ3v) is 3.20. The molecule has 1 N–H and O–H groups in total. The van der Waals surface area contributed by atoms with Gasteiger partial charge in [-0.15, -0.1) is 0 Å². The zero-order valence-corrected chi connectivity index (χ0v) is 9.80. The minimum absolute atomic E-state index is 0.253. The van der Waals surface area contributed by atoms with E-state index in [1.807, 2.05) is 16.8 Å². The molecule has 2 aromatic rings. The summed E-state index contributed by atoms with van der Waals surface area (Å²) in [5, 5.41) is 14.0. The van der Waals surface area contributed by atoms with E-state index < -0.39 is 0 Å². The number of aryl methyl sites for hydroxylation is 1. The number of hydrogen-bond donors (Lipinski definition) is 1. The molecule has 4 heteroatoms. The highest BCUT2D eigenvalue weighted by molar-refractivity contribution is 5.56. The van der Waals surface area contributed by atoms with Crippen LogP contribution >= 0.6 is 0 Å². The Labute approximate surface area is 99.9 Å². The smallest absolute Gasteiger partial charge is 0.181 e. The first-order valence-electron chi connectivity index (χ1n) is 5.95. The number of phenolic OH excluding ortho intramolecular Hbond substituents is 1. The van der Waals surface area contributed by atoms with Gasteiger partial charge in [0, 0.05) is 18.5 Å². The van der Waals surface area contributed by atoms with Crippen molar-refractivity contribution in [2.75, 3.05) is 0 Å². The van der Waals surface area contributed by atoms with Crippen LogP contribution in [0.25, 0.3) is 11.4 Å². The maximum absolute atomic E-state index is 9.46. The SMILES string of the molecule is CC1CCc2nc(-c3cccc(O)c3)nn2C1. The van der Waals surface area contributed by atoms with Crippen LogP contribution in [0.1, 0.15) is 19.2 Å². The average Bonchev–Trinajstić information content (AvgIpc) is 2.72. The number of nitrogens with zero attached hydrogens (tertiary/aromatic N) is 3. The van der Waals surface area contributed by atoms with E-state index in [4.69, 9.17) is 0 Å². The van der Waals surface area contributed by atoms with Gasteiger partial charge in [-0.1, -0.05) is 19.1 Å². The monoisotopic (exact) mass is 229 g/mol. The van der Waals surface area contributed by atoms with Gasteiger partial charge in [0.2, 0.25) is 0 Å². The lowest BCUT2D eigenvalue weighted by Gasteiger charge is -2.17. The predicted octanol–water partition coefficient (Wildman–Crippen LogP) is 2.23. The van der Waals surface area contributed by atoms with Gasteiger partial charge in [0.25, 0.3) is 0 Å². The molecule has 0 fully saturated rings. The molecule has 2 heterocycles. The number of rotatable bonds is 1. The van der Waals surface area contributed by atoms with E-state index in [0.717, 1.165) is 24.4 Å². The second-order valence-electron chi connectivity index (χ2n) is 4.73. The number of aromatic nitrogens is 3. The summed E-state index contributed by atoms with van der Waals surface area (Å²) in [4.78, 5) is 4.54. The first-order valence-corrected chi connectivity index (χ1v) is 5.95. The van der Waals surface area contributed by atoms with Gasteiger partial charge in [-0.25, -0.2) is 9.67 Å². The fourth-order valence-corrected chi connectivity index (χ4v) is 2.23. The summed E-state index contributed by atoms with van der Waals surface area (Å²) in [6.45, 7) is 3.18. The lowest BCUT2D eigenvalue weighted by molar-refractivity contribution is 0.368. The van der Waals surface area contributed by atoms with Crippen molar-refractivity contribution in [3.63, 3.8) is 0 Å². The Morgan fingerprint density at radius 1 is 1.41 bits per heavy atom. The molecule has 1 aliphatic rings. The Morgan fingerprint density at radius 3 is 3.12 bits per heavy atom. The summed E-state index contributed by atoms with van der Waals surface area (Å²) in [5.41, 5.74) is 0.875. The summed E-state index contributed by atoms with van der Waals surface area (Å²) >= 11 is 0.